The number of hydrogen-bond donors (Lipinski definition) is 1. The molecular weight excluding hydrogens is 450 g/mol. The lowest BCUT2D eigenvalue weighted by molar-refractivity contribution is -0.126. The van der Waals surface area contributed by atoms with E-state index in [0.29, 0.717) is 17.7 Å². The Bertz CT molecular complexity index is 1580. The van der Waals surface area contributed by atoms with E-state index in [1.807, 2.05) is 97.1 Å². The first-order valence-electron chi connectivity index (χ1n) is 11.8. The van der Waals surface area contributed by atoms with Crippen molar-refractivity contribution in [1.82, 2.24) is 25.2 Å². The van der Waals surface area contributed by atoms with E-state index in [2.05, 4.69) is 15.6 Å². The Morgan fingerprint density at radius 3 is 2.36 bits per heavy atom. The van der Waals surface area contributed by atoms with Crippen molar-refractivity contribution < 1.29 is 9.59 Å². The Morgan fingerprint density at radius 1 is 0.806 bits per heavy atom. The van der Waals surface area contributed by atoms with Gasteiger partial charge in [-0.2, -0.15) is 0 Å². The molecule has 0 bridgehead atoms. The van der Waals surface area contributed by atoms with Gasteiger partial charge in [-0.05, 0) is 40.5 Å². The van der Waals surface area contributed by atoms with Crippen LogP contribution < -0.4 is 5.32 Å². The molecule has 1 aliphatic rings. The molecule has 176 valence electrons. The van der Waals surface area contributed by atoms with Crippen LogP contribution in [0.1, 0.15) is 27.5 Å². The lowest BCUT2D eigenvalue weighted by atomic mass is 9.99. The van der Waals surface area contributed by atoms with Gasteiger partial charge in [-0.3, -0.25) is 9.59 Å². The van der Waals surface area contributed by atoms with Crippen LogP contribution >= 0.6 is 0 Å². The van der Waals surface area contributed by atoms with Gasteiger partial charge >= 0.3 is 0 Å². The SMILES string of the molecule is O=C(NCn1nnc2ccccc21)C1c2ccccc2C(=O)N1Cc1ccccc1-c1ccccc1. The molecule has 1 unspecified atom stereocenters. The van der Waals surface area contributed by atoms with Crippen molar-refractivity contribution in [1.29, 1.82) is 0 Å². The fourth-order valence-corrected chi connectivity index (χ4v) is 4.84. The number of amides is 2. The number of para-hydroxylation sites is 1. The number of rotatable bonds is 6. The fraction of sp³-hybridized carbons (Fsp3) is 0.103. The van der Waals surface area contributed by atoms with Gasteiger partial charge in [0.05, 0.1) is 5.52 Å². The molecule has 1 aliphatic heterocycles. The van der Waals surface area contributed by atoms with Crippen molar-refractivity contribution in [3.63, 3.8) is 0 Å². The molecule has 1 aromatic heterocycles. The monoisotopic (exact) mass is 473 g/mol. The molecule has 0 saturated carbocycles. The first-order valence-corrected chi connectivity index (χ1v) is 11.8. The summed E-state index contributed by atoms with van der Waals surface area (Å²) in [7, 11) is 0. The predicted molar refractivity (Wildman–Crippen MR) is 137 cm³/mol. The van der Waals surface area contributed by atoms with Gasteiger partial charge in [-0.25, -0.2) is 4.68 Å². The molecule has 2 amide bonds. The summed E-state index contributed by atoms with van der Waals surface area (Å²) in [6.45, 7) is 0.462. The summed E-state index contributed by atoms with van der Waals surface area (Å²) in [5.41, 5.74) is 5.93. The third kappa shape index (κ3) is 3.80. The van der Waals surface area contributed by atoms with E-state index < -0.39 is 6.04 Å². The highest BCUT2D eigenvalue weighted by Gasteiger charge is 2.41. The van der Waals surface area contributed by atoms with Crippen LogP contribution in [0.4, 0.5) is 0 Å². The minimum Gasteiger partial charge on any atom is -0.335 e. The molecule has 36 heavy (non-hydrogen) atoms. The molecular formula is C29H23N5O2. The fourth-order valence-electron chi connectivity index (χ4n) is 4.84. The van der Waals surface area contributed by atoms with Gasteiger partial charge in [0, 0.05) is 12.1 Å². The highest BCUT2D eigenvalue weighted by Crippen LogP contribution is 2.36. The quantitative estimate of drug-likeness (QED) is 0.392. The summed E-state index contributed by atoms with van der Waals surface area (Å²) in [6.07, 6.45) is 0. The molecule has 0 radical (unpaired) electrons. The van der Waals surface area contributed by atoms with E-state index in [1.165, 1.54) is 0 Å². The van der Waals surface area contributed by atoms with Crippen LogP contribution in [-0.4, -0.2) is 31.7 Å². The molecule has 2 heterocycles. The van der Waals surface area contributed by atoms with Crippen molar-refractivity contribution in [2.45, 2.75) is 19.3 Å². The van der Waals surface area contributed by atoms with Crippen LogP contribution in [-0.2, 0) is 18.0 Å². The smallest absolute Gasteiger partial charge is 0.255 e. The van der Waals surface area contributed by atoms with E-state index >= 15 is 0 Å². The normalized spacial score (nSPS) is 14.7. The third-order valence-electron chi connectivity index (χ3n) is 6.57. The van der Waals surface area contributed by atoms with Crippen molar-refractivity contribution in [2.24, 2.45) is 0 Å². The summed E-state index contributed by atoms with van der Waals surface area (Å²) in [6, 6.07) is 32.2. The van der Waals surface area contributed by atoms with Gasteiger partial charge in [0.25, 0.3) is 5.91 Å². The second-order valence-corrected chi connectivity index (χ2v) is 8.72. The molecule has 0 aliphatic carbocycles. The minimum absolute atomic E-state index is 0.153. The Labute approximate surface area is 208 Å². The lowest BCUT2D eigenvalue weighted by Crippen LogP contribution is -2.39. The first-order chi connectivity index (χ1) is 17.7. The van der Waals surface area contributed by atoms with Crippen LogP contribution in [0, 0.1) is 0 Å². The molecule has 1 atom stereocenters. The summed E-state index contributed by atoms with van der Waals surface area (Å²) in [4.78, 5) is 28.7. The number of hydrogen-bond acceptors (Lipinski definition) is 4. The van der Waals surface area contributed by atoms with Crippen LogP contribution in [0.15, 0.2) is 103 Å². The van der Waals surface area contributed by atoms with Crippen molar-refractivity contribution >= 4 is 22.8 Å². The second-order valence-electron chi connectivity index (χ2n) is 8.72. The van der Waals surface area contributed by atoms with E-state index in [4.69, 9.17) is 0 Å². The van der Waals surface area contributed by atoms with Gasteiger partial charge in [0.1, 0.15) is 18.2 Å². The summed E-state index contributed by atoms with van der Waals surface area (Å²) >= 11 is 0. The van der Waals surface area contributed by atoms with E-state index in [-0.39, 0.29) is 18.5 Å². The van der Waals surface area contributed by atoms with Crippen molar-refractivity contribution in [3.05, 3.63) is 120 Å². The van der Waals surface area contributed by atoms with Crippen LogP contribution in [0.5, 0.6) is 0 Å². The average Bonchev–Trinajstić information content (AvgIpc) is 3.47. The first kappa shape index (κ1) is 21.7. The number of carbonyl (C=O) groups is 2. The van der Waals surface area contributed by atoms with Gasteiger partial charge in [0.2, 0.25) is 5.91 Å². The highest BCUT2D eigenvalue weighted by atomic mass is 16.2. The standard InChI is InChI=1S/C29H23N5O2/c35-28(30-19-34-26-17-9-8-16-25(26)31-32-34)27-23-14-6-7-15-24(23)29(36)33(27)18-21-12-4-5-13-22(21)20-10-2-1-3-11-20/h1-17,27H,18-19H2,(H,30,35). The summed E-state index contributed by atoms with van der Waals surface area (Å²) in [5.74, 6) is -0.412. The molecule has 7 heteroatoms. The zero-order valence-corrected chi connectivity index (χ0v) is 19.4. The number of carbonyl (C=O) groups excluding carboxylic acids is 2. The Morgan fingerprint density at radius 2 is 1.50 bits per heavy atom. The molecule has 5 aromatic rings. The maximum atomic E-state index is 13.6. The number of aromatic nitrogens is 3. The number of benzene rings is 4. The molecule has 0 spiro atoms. The topological polar surface area (TPSA) is 80.1 Å². The van der Waals surface area contributed by atoms with E-state index in [9.17, 15) is 9.59 Å². The molecule has 6 rings (SSSR count). The van der Waals surface area contributed by atoms with Gasteiger partial charge in [-0.1, -0.05) is 90.1 Å². The lowest BCUT2D eigenvalue weighted by Gasteiger charge is -2.26. The number of nitrogens with zero attached hydrogens (tertiary/aromatic N) is 4. The Kier molecular flexibility index (Phi) is 5.50. The molecule has 0 fully saturated rings. The minimum atomic E-state index is -0.743. The second kappa shape index (κ2) is 9.11. The zero-order valence-electron chi connectivity index (χ0n) is 19.4. The average molecular weight is 474 g/mol. The maximum absolute atomic E-state index is 13.6. The van der Waals surface area contributed by atoms with Crippen molar-refractivity contribution in [2.75, 3.05) is 0 Å². The van der Waals surface area contributed by atoms with Crippen molar-refractivity contribution in [3.8, 4) is 11.1 Å². The van der Waals surface area contributed by atoms with E-state index in [0.717, 1.165) is 27.7 Å². The van der Waals surface area contributed by atoms with E-state index in [1.54, 1.807) is 15.6 Å². The number of nitrogens with one attached hydrogen (secondary N) is 1. The largest absolute Gasteiger partial charge is 0.335 e. The van der Waals surface area contributed by atoms with Gasteiger partial charge < -0.3 is 10.2 Å². The number of fused-ring (bicyclic) bond motifs is 2. The molecule has 7 nitrogen and oxygen atoms in total. The Hall–Kier alpha value is -4.78. The maximum Gasteiger partial charge on any atom is 0.255 e. The van der Waals surface area contributed by atoms with Gasteiger partial charge in [0.15, 0.2) is 0 Å². The molecule has 1 N–H and O–H groups in total. The summed E-state index contributed by atoms with van der Waals surface area (Å²) in [5, 5.41) is 11.3. The Balaban J connectivity index is 1.31. The van der Waals surface area contributed by atoms with Crippen LogP contribution in [0.3, 0.4) is 0 Å². The predicted octanol–water partition coefficient (Wildman–Crippen LogP) is 4.57. The highest BCUT2D eigenvalue weighted by molar-refractivity contribution is 6.04. The molecule has 4 aromatic carbocycles. The van der Waals surface area contributed by atoms with Crippen LogP contribution in [0.2, 0.25) is 0 Å². The third-order valence-corrected chi connectivity index (χ3v) is 6.57. The van der Waals surface area contributed by atoms with Crippen LogP contribution in [0.25, 0.3) is 22.2 Å². The molecule has 0 saturated heterocycles. The zero-order chi connectivity index (χ0) is 24.5. The van der Waals surface area contributed by atoms with Gasteiger partial charge in [-0.15, -0.1) is 5.10 Å². The summed E-state index contributed by atoms with van der Waals surface area (Å²) < 4.78 is 1.64.